The zero-order valence-corrected chi connectivity index (χ0v) is 16.8. The number of rotatable bonds is 4. The molecule has 0 aromatic heterocycles. The largest absolute Gasteiger partial charge is 0.206 e. The number of aryl methyl sites for hydroxylation is 1. The van der Waals surface area contributed by atoms with Crippen molar-refractivity contribution in [3.63, 3.8) is 0 Å². The first-order chi connectivity index (χ1) is 15.0. The predicted molar refractivity (Wildman–Crippen MR) is 120 cm³/mol. The van der Waals surface area contributed by atoms with Gasteiger partial charge in [-0.25, -0.2) is 13.2 Å². The summed E-state index contributed by atoms with van der Waals surface area (Å²) in [5, 5.41) is 1.09. The number of benzene rings is 4. The third-order valence-corrected chi connectivity index (χ3v) is 5.13. The SMILES string of the molecule is C=CCCc1ccc(C#Cc2ccc3c(F)c(-c4ccc(F)c(F)c4)ccc3c2)cc1. The van der Waals surface area contributed by atoms with Gasteiger partial charge in [-0.05, 0) is 65.8 Å². The first kappa shape index (κ1) is 20.5. The van der Waals surface area contributed by atoms with Crippen molar-refractivity contribution in [3.05, 3.63) is 120 Å². The molecule has 0 saturated carbocycles. The minimum Gasteiger partial charge on any atom is -0.206 e. The zero-order chi connectivity index (χ0) is 21.8. The molecule has 0 atom stereocenters. The lowest BCUT2D eigenvalue weighted by Crippen LogP contribution is -1.90. The van der Waals surface area contributed by atoms with E-state index < -0.39 is 17.5 Å². The third kappa shape index (κ3) is 4.54. The minimum absolute atomic E-state index is 0.224. The maximum atomic E-state index is 15.0. The Morgan fingerprint density at radius 1 is 0.742 bits per heavy atom. The monoisotopic (exact) mass is 412 g/mol. The van der Waals surface area contributed by atoms with E-state index in [4.69, 9.17) is 0 Å². The number of fused-ring (bicyclic) bond motifs is 1. The van der Waals surface area contributed by atoms with Gasteiger partial charge in [0.1, 0.15) is 5.82 Å². The molecule has 0 bridgehead atoms. The van der Waals surface area contributed by atoms with Gasteiger partial charge in [-0.2, -0.15) is 0 Å². The highest BCUT2D eigenvalue weighted by Crippen LogP contribution is 2.30. The molecule has 152 valence electrons. The summed E-state index contributed by atoms with van der Waals surface area (Å²) < 4.78 is 41.8. The molecule has 0 N–H and O–H groups in total. The molecule has 3 heteroatoms. The van der Waals surface area contributed by atoms with Crippen LogP contribution in [0.1, 0.15) is 23.1 Å². The lowest BCUT2D eigenvalue weighted by atomic mass is 9.99. The summed E-state index contributed by atoms with van der Waals surface area (Å²) in [7, 11) is 0. The van der Waals surface area contributed by atoms with Crippen LogP contribution in [0.15, 0.2) is 85.5 Å². The van der Waals surface area contributed by atoms with E-state index >= 15 is 4.39 Å². The average molecular weight is 412 g/mol. The van der Waals surface area contributed by atoms with Gasteiger partial charge >= 0.3 is 0 Å². The third-order valence-electron chi connectivity index (χ3n) is 5.13. The maximum absolute atomic E-state index is 15.0. The maximum Gasteiger partial charge on any atom is 0.159 e. The lowest BCUT2D eigenvalue weighted by molar-refractivity contribution is 0.509. The number of halogens is 3. The quantitative estimate of drug-likeness (QED) is 0.241. The highest BCUT2D eigenvalue weighted by atomic mass is 19.2. The van der Waals surface area contributed by atoms with E-state index in [1.54, 1.807) is 24.3 Å². The molecule has 0 aliphatic heterocycles. The minimum atomic E-state index is -1.00. The smallest absolute Gasteiger partial charge is 0.159 e. The molecule has 0 aliphatic rings. The van der Waals surface area contributed by atoms with Crippen LogP contribution in [-0.4, -0.2) is 0 Å². The molecule has 0 aliphatic carbocycles. The van der Waals surface area contributed by atoms with E-state index in [0.717, 1.165) is 36.1 Å². The summed E-state index contributed by atoms with van der Waals surface area (Å²) in [4.78, 5) is 0. The highest BCUT2D eigenvalue weighted by molar-refractivity contribution is 5.89. The van der Waals surface area contributed by atoms with E-state index in [2.05, 4.69) is 30.6 Å². The van der Waals surface area contributed by atoms with Crippen LogP contribution in [0.25, 0.3) is 21.9 Å². The van der Waals surface area contributed by atoms with Crippen molar-refractivity contribution in [2.45, 2.75) is 12.8 Å². The van der Waals surface area contributed by atoms with Crippen molar-refractivity contribution < 1.29 is 13.2 Å². The van der Waals surface area contributed by atoms with Gasteiger partial charge in [-0.15, -0.1) is 6.58 Å². The van der Waals surface area contributed by atoms with Crippen molar-refractivity contribution in [1.29, 1.82) is 0 Å². The number of allylic oxidation sites excluding steroid dienone is 1. The Balaban J connectivity index is 1.61. The van der Waals surface area contributed by atoms with Crippen LogP contribution < -0.4 is 0 Å². The molecule has 4 rings (SSSR count). The van der Waals surface area contributed by atoms with E-state index in [0.29, 0.717) is 16.3 Å². The Labute approximate surface area is 179 Å². The average Bonchev–Trinajstić information content (AvgIpc) is 2.79. The summed E-state index contributed by atoms with van der Waals surface area (Å²) in [5.41, 5.74) is 3.43. The summed E-state index contributed by atoms with van der Waals surface area (Å²) in [5.74, 6) is 3.81. The standard InChI is InChI=1S/C28H19F3/c1-2-3-4-19-5-7-20(8-6-19)9-10-21-11-14-24-22(17-21)12-15-25(28(24)31)23-13-16-26(29)27(30)18-23/h2,5-8,11-18H,1,3-4H2. The highest BCUT2D eigenvalue weighted by Gasteiger charge is 2.12. The van der Waals surface area contributed by atoms with Gasteiger partial charge in [0.2, 0.25) is 0 Å². The Kier molecular flexibility index (Phi) is 5.91. The van der Waals surface area contributed by atoms with Crippen LogP contribution in [0.5, 0.6) is 0 Å². The van der Waals surface area contributed by atoms with Crippen LogP contribution in [0, 0.1) is 29.3 Å². The van der Waals surface area contributed by atoms with E-state index in [9.17, 15) is 8.78 Å². The second-order valence-electron chi connectivity index (χ2n) is 7.27. The zero-order valence-electron chi connectivity index (χ0n) is 16.8. The first-order valence-electron chi connectivity index (χ1n) is 9.95. The molecule has 0 unspecified atom stereocenters. The van der Waals surface area contributed by atoms with Gasteiger partial charge in [-0.1, -0.05) is 54.3 Å². The molecule has 0 fully saturated rings. The van der Waals surface area contributed by atoms with Crippen LogP contribution in [0.2, 0.25) is 0 Å². The summed E-state index contributed by atoms with van der Waals surface area (Å²) in [6.07, 6.45) is 3.80. The first-order valence-corrected chi connectivity index (χ1v) is 9.95. The van der Waals surface area contributed by atoms with Gasteiger partial charge < -0.3 is 0 Å². The fraction of sp³-hybridized carbons (Fsp3) is 0.0714. The van der Waals surface area contributed by atoms with Gasteiger partial charge in [-0.3, -0.25) is 0 Å². The van der Waals surface area contributed by atoms with E-state index in [1.807, 2.05) is 24.3 Å². The molecule has 0 saturated heterocycles. The van der Waals surface area contributed by atoms with Gasteiger partial charge in [0.25, 0.3) is 0 Å². The molecule has 0 nitrogen and oxygen atoms in total. The van der Waals surface area contributed by atoms with Gasteiger partial charge in [0, 0.05) is 22.1 Å². The van der Waals surface area contributed by atoms with Crippen molar-refractivity contribution in [3.8, 4) is 23.0 Å². The fourth-order valence-corrected chi connectivity index (χ4v) is 3.42. The van der Waals surface area contributed by atoms with Crippen molar-refractivity contribution in [1.82, 2.24) is 0 Å². The second-order valence-corrected chi connectivity index (χ2v) is 7.27. The Morgan fingerprint density at radius 2 is 1.48 bits per heavy atom. The summed E-state index contributed by atoms with van der Waals surface area (Å²) >= 11 is 0. The normalized spacial score (nSPS) is 10.5. The lowest BCUT2D eigenvalue weighted by Gasteiger charge is -2.08. The molecular weight excluding hydrogens is 393 g/mol. The van der Waals surface area contributed by atoms with Gasteiger partial charge in [0.15, 0.2) is 11.6 Å². The number of hydrogen-bond donors (Lipinski definition) is 0. The molecule has 31 heavy (non-hydrogen) atoms. The van der Waals surface area contributed by atoms with Crippen LogP contribution in [0.3, 0.4) is 0 Å². The molecule has 0 radical (unpaired) electrons. The Hall–Kier alpha value is -3.77. The van der Waals surface area contributed by atoms with Crippen LogP contribution in [0.4, 0.5) is 13.2 Å². The Bertz CT molecular complexity index is 1320. The Morgan fingerprint density at radius 3 is 2.23 bits per heavy atom. The molecule has 0 spiro atoms. The predicted octanol–water partition coefficient (Wildman–Crippen LogP) is 7.44. The summed E-state index contributed by atoms with van der Waals surface area (Å²) in [6.45, 7) is 3.74. The van der Waals surface area contributed by atoms with Crippen molar-refractivity contribution in [2.75, 3.05) is 0 Å². The molecule has 4 aromatic rings. The molecule has 0 amide bonds. The van der Waals surface area contributed by atoms with Crippen molar-refractivity contribution >= 4 is 10.8 Å². The fourth-order valence-electron chi connectivity index (χ4n) is 3.42. The second kappa shape index (κ2) is 8.93. The van der Waals surface area contributed by atoms with E-state index in [1.165, 1.54) is 11.6 Å². The summed E-state index contributed by atoms with van der Waals surface area (Å²) in [6, 6.07) is 20.0. The number of hydrogen-bond acceptors (Lipinski definition) is 0. The topological polar surface area (TPSA) is 0 Å². The molecule has 0 heterocycles. The molecular formula is C28H19F3. The van der Waals surface area contributed by atoms with Crippen LogP contribution in [-0.2, 0) is 6.42 Å². The van der Waals surface area contributed by atoms with Gasteiger partial charge in [0.05, 0.1) is 0 Å². The van der Waals surface area contributed by atoms with Crippen LogP contribution >= 0.6 is 0 Å². The van der Waals surface area contributed by atoms with E-state index in [-0.39, 0.29) is 5.56 Å². The van der Waals surface area contributed by atoms with Crippen molar-refractivity contribution in [2.24, 2.45) is 0 Å². The molecule has 4 aromatic carbocycles.